The number of nitrogens with zero attached hydrogens (tertiary/aromatic N) is 2. The first kappa shape index (κ1) is 15.8. The minimum absolute atomic E-state index is 0.0973. The Balaban J connectivity index is 2.67. The van der Waals surface area contributed by atoms with Crippen molar-refractivity contribution in [3.63, 3.8) is 0 Å². The van der Waals surface area contributed by atoms with Crippen LogP contribution in [-0.4, -0.2) is 40.6 Å². The number of carbonyl (C=O) groups is 1. The van der Waals surface area contributed by atoms with Crippen LogP contribution in [0.25, 0.3) is 0 Å². The lowest BCUT2D eigenvalue weighted by atomic mass is 10.2. The van der Waals surface area contributed by atoms with Gasteiger partial charge in [-0.1, -0.05) is 6.92 Å². The molecule has 6 heteroatoms. The second-order valence-corrected chi connectivity index (χ2v) is 5.63. The molecule has 19 heavy (non-hydrogen) atoms. The molecule has 1 rings (SSSR count). The average Bonchev–Trinajstić information content (AvgIpc) is 2.37. The zero-order valence-corrected chi connectivity index (χ0v) is 12.7. The molecule has 1 heterocycles. The fraction of sp³-hybridized carbons (Fsp3) is 0.615. The van der Waals surface area contributed by atoms with Gasteiger partial charge in [0, 0.05) is 17.8 Å². The lowest BCUT2D eigenvalue weighted by Gasteiger charge is -2.14. The van der Waals surface area contributed by atoms with Gasteiger partial charge in [0.1, 0.15) is 5.82 Å². The maximum atomic E-state index is 11.4. The van der Waals surface area contributed by atoms with Crippen LogP contribution in [0.2, 0.25) is 0 Å². The number of methoxy groups -OCH3 is 1. The van der Waals surface area contributed by atoms with E-state index in [-0.39, 0.29) is 5.82 Å². The van der Waals surface area contributed by atoms with Gasteiger partial charge >= 0.3 is 5.97 Å². The number of rotatable bonds is 7. The highest BCUT2D eigenvalue weighted by molar-refractivity contribution is 7.99. The highest BCUT2D eigenvalue weighted by atomic mass is 32.2. The Hall–Kier alpha value is -1.30. The number of hydrogen-bond donors (Lipinski definition) is 1. The summed E-state index contributed by atoms with van der Waals surface area (Å²) in [5.41, 5.74) is 0.744. The molecular weight excluding hydrogens is 262 g/mol. The summed E-state index contributed by atoms with van der Waals surface area (Å²) in [5.74, 6) is 2.49. The van der Waals surface area contributed by atoms with E-state index < -0.39 is 5.97 Å². The summed E-state index contributed by atoms with van der Waals surface area (Å²) in [7, 11) is 1.33. The van der Waals surface area contributed by atoms with Gasteiger partial charge in [-0.2, -0.15) is 11.8 Å². The zero-order chi connectivity index (χ0) is 14.3. The molecule has 1 N–H and O–H groups in total. The Morgan fingerprint density at radius 3 is 2.89 bits per heavy atom. The fourth-order valence-electron chi connectivity index (χ4n) is 1.55. The van der Waals surface area contributed by atoms with Crippen LogP contribution in [-0.2, 0) is 4.74 Å². The average molecular weight is 283 g/mol. The van der Waals surface area contributed by atoms with Gasteiger partial charge < -0.3 is 10.1 Å². The molecular formula is C13H21N3O2S. The fourth-order valence-corrected chi connectivity index (χ4v) is 2.36. The van der Waals surface area contributed by atoms with Crippen LogP contribution in [0.4, 0.5) is 5.82 Å². The molecule has 0 aliphatic carbocycles. The molecule has 0 spiro atoms. The van der Waals surface area contributed by atoms with Crippen LogP contribution in [0.1, 0.15) is 36.6 Å². The van der Waals surface area contributed by atoms with E-state index in [1.807, 2.05) is 24.8 Å². The van der Waals surface area contributed by atoms with Gasteiger partial charge in [-0.15, -0.1) is 0 Å². The number of hydrogen-bond acceptors (Lipinski definition) is 6. The van der Waals surface area contributed by atoms with Crippen molar-refractivity contribution in [2.24, 2.45) is 0 Å². The molecule has 5 nitrogen and oxygen atoms in total. The molecule has 1 aromatic rings. The Morgan fingerprint density at radius 1 is 1.53 bits per heavy atom. The van der Waals surface area contributed by atoms with E-state index in [0.29, 0.717) is 11.9 Å². The molecule has 0 aliphatic rings. The molecule has 1 aromatic heterocycles. The van der Waals surface area contributed by atoms with E-state index in [4.69, 9.17) is 0 Å². The van der Waals surface area contributed by atoms with Gasteiger partial charge in [0.05, 0.1) is 7.11 Å². The third-order valence-electron chi connectivity index (χ3n) is 2.52. The number of anilines is 1. The quantitative estimate of drug-likeness (QED) is 0.613. The lowest BCUT2D eigenvalue weighted by Crippen LogP contribution is -2.19. The number of thioether (sulfide) groups is 1. The highest BCUT2D eigenvalue weighted by Crippen LogP contribution is 2.11. The minimum atomic E-state index is -0.513. The molecule has 0 aromatic carbocycles. The van der Waals surface area contributed by atoms with Crippen LogP contribution in [0.5, 0.6) is 0 Å². The number of carbonyl (C=O) groups excluding carboxylic acids is 1. The standard InChI is InChI=1S/C13H21N3O2S/c1-5-19-7-6-9(2)14-11-8-10(3)15-12(16-11)13(17)18-4/h8-9H,5-7H2,1-4H3,(H,14,15,16). The Bertz CT molecular complexity index is 426. The molecule has 1 atom stereocenters. The van der Waals surface area contributed by atoms with E-state index in [1.54, 1.807) is 0 Å². The molecule has 1 unspecified atom stereocenters. The van der Waals surface area contributed by atoms with Crippen LogP contribution >= 0.6 is 11.8 Å². The highest BCUT2D eigenvalue weighted by Gasteiger charge is 2.12. The van der Waals surface area contributed by atoms with Crippen molar-refractivity contribution in [2.75, 3.05) is 23.9 Å². The first-order valence-corrected chi connectivity index (χ1v) is 7.50. The van der Waals surface area contributed by atoms with Crippen molar-refractivity contribution in [1.82, 2.24) is 9.97 Å². The summed E-state index contributed by atoms with van der Waals surface area (Å²) in [5, 5.41) is 3.29. The molecule has 0 saturated carbocycles. The topological polar surface area (TPSA) is 64.1 Å². The van der Waals surface area contributed by atoms with Crippen molar-refractivity contribution in [3.8, 4) is 0 Å². The number of nitrogens with one attached hydrogen (secondary N) is 1. The summed E-state index contributed by atoms with van der Waals surface area (Å²) in [6.45, 7) is 6.08. The number of aryl methyl sites for hydroxylation is 1. The molecule has 0 radical (unpaired) electrons. The molecule has 0 fully saturated rings. The molecule has 0 amide bonds. The second kappa shape index (κ2) is 7.99. The number of esters is 1. The summed E-state index contributed by atoms with van der Waals surface area (Å²) in [6, 6.07) is 2.13. The van der Waals surface area contributed by atoms with Crippen LogP contribution < -0.4 is 5.32 Å². The Morgan fingerprint density at radius 2 is 2.26 bits per heavy atom. The molecule has 0 aliphatic heterocycles. The maximum absolute atomic E-state index is 11.4. The lowest BCUT2D eigenvalue weighted by molar-refractivity contribution is 0.0586. The Kier molecular flexibility index (Phi) is 6.62. The van der Waals surface area contributed by atoms with Gasteiger partial charge in [-0.05, 0) is 31.8 Å². The van der Waals surface area contributed by atoms with E-state index in [1.165, 1.54) is 7.11 Å². The largest absolute Gasteiger partial charge is 0.463 e. The van der Waals surface area contributed by atoms with Crippen LogP contribution in [0, 0.1) is 6.92 Å². The van der Waals surface area contributed by atoms with E-state index >= 15 is 0 Å². The van der Waals surface area contributed by atoms with Crippen LogP contribution in [0.3, 0.4) is 0 Å². The SMILES string of the molecule is CCSCCC(C)Nc1cc(C)nc(C(=O)OC)n1. The Labute approximate surface area is 118 Å². The summed E-state index contributed by atoms with van der Waals surface area (Å²) in [6.07, 6.45) is 1.05. The zero-order valence-electron chi connectivity index (χ0n) is 11.9. The number of aromatic nitrogens is 2. The normalized spacial score (nSPS) is 12.0. The van der Waals surface area contributed by atoms with Crippen molar-refractivity contribution in [1.29, 1.82) is 0 Å². The van der Waals surface area contributed by atoms with E-state index in [0.717, 1.165) is 23.6 Å². The van der Waals surface area contributed by atoms with Gasteiger partial charge in [-0.25, -0.2) is 14.8 Å². The maximum Gasteiger partial charge on any atom is 0.376 e. The third kappa shape index (κ3) is 5.46. The minimum Gasteiger partial charge on any atom is -0.463 e. The van der Waals surface area contributed by atoms with Crippen molar-refractivity contribution in [3.05, 3.63) is 17.6 Å². The predicted octanol–water partition coefficient (Wildman–Crippen LogP) is 2.52. The predicted molar refractivity (Wildman–Crippen MR) is 78.8 cm³/mol. The number of ether oxygens (including phenoxy) is 1. The first-order chi connectivity index (χ1) is 9.06. The van der Waals surface area contributed by atoms with Gasteiger partial charge in [0.15, 0.2) is 0 Å². The van der Waals surface area contributed by atoms with E-state index in [2.05, 4.69) is 33.9 Å². The van der Waals surface area contributed by atoms with Crippen molar-refractivity contribution < 1.29 is 9.53 Å². The summed E-state index contributed by atoms with van der Waals surface area (Å²) < 4.78 is 4.64. The van der Waals surface area contributed by atoms with Gasteiger partial charge in [0.25, 0.3) is 0 Å². The molecule has 0 bridgehead atoms. The summed E-state index contributed by atoms with van der Waals surface area (Å²) in [4.78, 5) is 19.7. The van der Waals surface area contributed by atoms with Crippen LogP contribution in [0.15, 0.2) is 6.07 Å². The monoisotopic (exact) mass is 283 g/mol. The summed E-state index contributed by atoms with van der Waals surface area (Å²) >= 11 is 1.91. The smallest absolute Gasteiger partial charge is 0.376 e. The molecule has 106 valence electrons. The first-order valence-electron chi connectivity index (χ1n) is 6.35. The third-order valence-corrected chi connectivity index (χ3v) is 3.45. The van der Waals surface area contributed by atoms with Gasteiger partial charge in [-0.3, -0.25) is 0 Å². The van der Waals surface area contributed by atoms with Crippen molar-refractivity contribution >= 4 is 23.5 Å². The van der Waals surface area contributed by atoms with E-state index in [9.17, 15) is 4.79 Å². The van der Waals surface area contributed by atoms with Crippen molar-refractivity contribution in [2.45, 2.75) is 33.2 Å². The van der Waals surface area contributed by atoms with Gasteiger partial charge in [0.2, 0.25) is 5.82 Å². The molecule has 0 saturated heterocycles. The second-order valence-electron chi connectivity index (χ2n) is 4.24.